The van der Waals surface area contributed by atoms with Gasteiger partial charge in [0.1, 0.15) is 0 Å². The van der Waals surface area contributed by atoms with Crippen LogP contribution in [-0.4, -0.2) is 26.7 Å². The van der Waals surface area contributed by atoms with Crippen LogP contribution in [0.2, 0.25) is 0 Å². The van der Waals surface area contributed by atoms with E-state index in [1.165, 1.54) is 25.2 Å². The second-order valence-electron chi connectivity index (χ2n) is 6.71. The lowest BCUT2D eigenvalue weighted by Crippen LogP contribution is -2.24. The summed E-state index contributed by atoms with van der Waals surface area (Å²) in [6, 6.07) is 3.31. The third-order valence-electron chi connectivity index (χ3n) is 4.79. The first kappa shape index (κ1) is 21.4. The normalized spacial score (nSPS) is 16.1. The van der Waals surface area contributed by atoms with Crippen LogP contribution in [0.25, 0.3) is 0 Å². The average molecular weight is 385 g/mol. The Labute approximate surface area is 157 Å². The van der Waals surface area contributed by atoms with Crippen molar-refractivity contribution in [3.05, 3.63) is 46.5 Å². The van der Waals surface area contributed by atoms with Gasteiger partial charge >= 0.3 is 6.18 Å². The van der Waals surface area contributed by atoms with Gasteiger partial charge in [0.05, 0.1) is 12.7 Å². The number of hydrogen-bond acceptors (Lipinski definition) is 3. The number of nitrogens with one attached hydrogen (secondary N) is 1. The first-order chi connectivity index (χ1) is 12.9. The Hall–Kier alpha value is -1.86. The van der Waals surface area contributed by atoms with E-state index in [4.69, 9.17) is 4.74 Å². The molecule has 2 rings (SSSR count). The molecule has 1 atom stereocenters. The van der Waals surface area contributed by atoms with Crippen molar-refractivity contribution in [1.29, 1.82) is 0 Å². The molecule has 4 nitrogen and oxygen atoms in total. The van der Waals surface area contributed by atoms with Gasteiger partial charge in [-0.05, 0) is 49.8 Å². The molecule has 1 aromatic carbocycles. The third-order valence-corrected chi connectivity index (χ3v) is 4.79. The van der Waals surface area contributed by atoms with Gasteiger partial charge in [-0.3, -0.25) is 9.63 Å². The molecule has 1 N–H and O–H groups in total. The lowest BCUT2D eigenvalue weighted by Gasteiger charge is -2.22. The Morgan fingerprint density at radius 1 is 1.22 bits per heavy atom. The van der Waals surface area contributed by atoms with E-state index in [0.717, 1.165) is 37.8 Å². The molecule has 1 aliphatic rings. The summed E-state index contributed by atoms with van der Waals surface area (Å²) in [6.07, 6.45) is 3.57. The van der Waals surface area contributed by atoms with Crippen LogP contribution in [0, 0.1) is 0 Å². The van der Waals surface area contributed by atoms with Crippen molar-refractivity contribution in [3.8, 4) is 0 Å². The topological polar surface area (TPSA) is 47.6 Å². The molecule has 1 fully saturated rings. The van der Waals surface area contributed by atoms with E-state index in [-0.39, 0.29) is 11.5 Å². The van der Waals surface area contributed by atoms with Gasteiger partial charge in [-0.1, -0.05) is 24.1 Å². The molecule has 27 heavy (non-hydrogen) atoms. The second kappa shape index (κ2) is 9.90. The minimum absolute atomic E-state index is 0.0274. The molecule has 0 saturated heterocycles. The molecule has 1 aliphatic carbocycles. The quantitative estimate of drug-likeness (QED) is 0.530. The maximum absolute atomic E-state index is 13.1. The van der Waals surface area contributed by atoms with Crippen molar-refractivity contribution in [3.63, 3.8) is 0 Å². The summed E-state index contributed by atoms with van der Waals surface area (Å²) in [7, 11) is 2.83. The van der Waals surface area contributed by atoms with Gasteiger partial charge in [0.25, 0.3) is 5.91 Å². The van der Waals surface area contributed by atoms with Crippen molar-refractivity contribution in [2.45, 2.75) is 50.6 Å². The van der Waals surface area contributed by atoms with Gasteiger partial charge in [0.2, 0.25) is 0 Å². The number of amides is 1. The number of hydrogen-bond donors (Lipinski definition) is 1. The highest BCUT2D eigenvalue weighted by atomic mass is 19.4. The van der Waals surface area contributed by atoms with Crippen molar-refractivity contribution in [2.75, 3.05) is 20.8 Å². The number of alkyl halides is 3. The Balaban J connectivity index is 2.46. The molecule has 0 aromatic heterocycles. The molecule has 1 aromatic rings. The Bertz CT molecular complexity index is 663. The van der Waals surface area contributed by atoms with Crippen LogP contribution in [0.4, 0.5) is 13.2 Å². The summed E-state index contributed by atoms with van der Waals surface area (Å²) in [5.74, 6) is -0.888. The molecular weight excluding hydrogens is 359 g/mol. The maximum Gasteiger partial charge on any atom is 0.416 e. The van der Waals surface area contributed by atoms with Gasteiger partial charge in [0, 0.05) is 25.2 Å². The fraction of sp³-hybridized carbons (Fsp3) is 0.550. The highest BCUT2D eigenvalue weighted by Gasteiger charge is 2.32. The predicted octanol–water partition coefficient (Wildman–Crippen LogP) is 5.01. The molecule has 150 valence electrons. The van der Waals surface area contributed by atoms with Gasteiger partial charge < -0.3 is 4.74 Å². The van der Waals surface area contributed by atoms with Crippen molar-refractivity contribution in [2.24, 2.45) is 0 Å². The number of allylic oxidation sites excluding steroid dienone is 2. The number of benzene rings is 1. The van der Waals surface area contributed by atoms with E-state index < -0.39 is 17.6 Å². The van der Waals surface area contributed by atoms with E-state index in [9.17, 15) is 18.0 Å². The summed E-state index contributed by atoms with van der Waals surface area (Å²) in [6.45, 7) is 0.445. The molecule has 0 radical (unpaired) electrons. The number of hydroxylamine groups is 1. The zero-order chi connectivity index (χ0) is 19.9. The lowest BCUT2D eigenvalue weighted by atomic mass is 9.85. The van der Waals surface area contributed by atoms with Crippen LogP contribution < -0.4 is 5.48 Å². The summed E-state index contributed by atoms with van der Waals surface area (Å²) < 4.78 is 44.6. The van der Waals surface area contributed by atoms with Crippen molar-refractivity contribution in [1.82, 2.24) is 5.48 Å². The van der Waals surface area contributed by atoms with Gasteiger partial charge in [0.15, 0.2) is 0 Å². The van der Waals surface area contributed by atoms with E-state index >= 15 is 0 Å². The zero-order valence-electron chi connectivity index (χ0n) is 15.7. The minimum Gasteiger partial charge on any atom is -0.385 e. The van der Waals surface area contributed by atoms with Crippen LogP contribution in [0.1, 0.15) is 65.9 Å². The average Bonchev–Trinajstić information content (AvgIpc) is 2.65. The van der Waals surface area contributed by atoms with Crippen LogP contribution in [0.3, 0.4) is 0 Å². The molecular formula is C20H26F3NO3. The van der Waals surface area contributed by atoms with E-state index in [0.29, 0.717) is 18.6 Å². The standard InChI is InChI=1S/C20H26F3NO3/c1-26-11-10-15(12-14-6-4-3-5-7-14)17-9-8-16(20(21,22)23)13-18(17)19(25)24-27-2/h8-9,12-13,15H,3-7,10-11H2,1-2H3,(H,24,25). The molecule has 0 spiro atoms. The predicted molar refractivity (Wildman–Crippen MR) is 96.3 cm³/mol. The highest BCUT2D eigenvalue weighted by molar-refractivity contribution is 5.95. The number of methoxy groups -OCH3 is 1. The summed E-state index contributed by atoms with van der Waals surface area (Å²) >= 11 is 0. The van der Waals surface area contributed by atoms with Gasteiger partial charge in [-0.2, -0.15) is 13.2 Å². The minimum atomic E-state index is -4.52. The van der Waals surface area contributed by atoms with Crippen LogP contribution in [0.15, 0.2) is 29.8 Å². The number of halogens is 3. The summed E-state index contributed by atoms with van der Waals surface area (Å²) in [5, 5.41) is 0. The molecule has 0 bridgehead atoms. The maximum atomic E-state index is 13.1. The zero-order valence-corrected chi connectivity index (χ0v) is 15.7. The summed E-state index contributed by atoms with van der Waals surface area (Å²) in [5.41, 5.74) is 3.09. The SMILES string of the molecule is COCCC(C=C1CCCCC1)c1ccc(C(F)(F)F)cc1C(=O)NOC. The molecule has 0 aliphatic heterocycles. The molecule has 7 heteroatoms. The van der Waals surface area contributed by atoms with E-state index in [1.807, 2.05) is 0 Å². The van der Waals surface area contributed by atoms with Crippen molar-refractivity contribution >= 4 is 5.91 Å². The third kappa shape index (κ3) is 6.07. The van der Waals surface area contributed by atoms with Gasteiger partial charge in [-0.25, -0.2) is 5.48 Å². The first-order valence-corrected chi connectivity index (χ1v) is 9.09. The Morgan fingerprint density at radius 3 is 2.52 bits per heavy atom. The van der Waals surface area contributed by atoms with E-state index in [2.05, 4.69) is 16.4 Å². The van der Waals surface area contributed by atoms with Crippen LogP contribution >= 0.6 is 0 Å². The first-order valence-electron chi connectivity index (χ1n) is 9.09. The largest absolute Gasteiger partial charge is 0.416 e. The monoisotopic (exact) mass is 385 g/mol. The molecule has 1 unspecified atom stereocenters. The number of ether oxygens (including phenoxy) is 1. The van der Waals surface area contributed by atoms with Crippen LogP contribution in [-0.2, 0) is 15.8 Å². The highest BCUT2D eigenvalue weighted by Crippen LogP contribution is 2.35. The molecule has 1 amide bonds. The number of carbonyl (C=O) groups excluding carboxylic acids is 1. The fourth-order valence-electron chi connectivity index (χ4n) is 3.43. The summed E-state index contributed by atoms with van der Waals surface area (Å²) in [4.78, 5) is 17.0. The Kier molecular flexibility index (Phi) is 7.86. The number of rotatable bonds is 7. The second-order valence-corrected chi connectivity index (χ2v) is 6.71. The van der Waals surface area contributed by atoms with E-state index in [1.54, 1.807) is 7.11 Å². The van der Waals surface area contributed by atoms with Crippen molar-refractivity contribution < 1.29 is 27.5 Å². The van der Waals surface area contributed by atoms with Crippen LogP contribution in [0.5, 0.6) is 0 Å². The Morgan fingerprint density at radius 2 is 1.93 bits per heavy atom. The lowest BCUT2D eigenvalue weighted by molar-refractivity contribution is -0.137. The fourth-order valence-corrected chi connectivity index (χ4v) is 3.43. The molecule has 0 heterocycles. The number of carbonyl (C=O) groups is 1. The van der Waals surface area contributed by atoms with Gasteiger partial charge in [-0.15, -0.1) is 0 Å². The smallest absolute Gasteiger partial charge is 0.385 e. The molecule has 1 saturated carbocycles.